The minimum Gasteiger partial charge on any atom is -0.463 e. The van der Waals surface area contributed by atoms with Crippen LogP contribution < -0.4 is 5.32 Å². The van der Waals surface area contributed by atoms with E-state index in [1.807, 2.05) is 44.2 Å². The third-order valence-corrected chi connectivity index (χ3v) is 7.21. The second-order valence-electron chi connectivity index (χ2n) is 9.86. The van der Waals surface area contributed by atoms with Crippen molar-refractivity contribution in [1.29, 1.82) is 0 Å². The zero-order valence-electron chi connectivity index (χ0n) is 19.9. The van der Waals surface area contributed by atoms with Gasteiger partial charge in [-0.05, 0) is 44.4 Å². The van der Waals surface area contributed by atoms with Crippen molar-refractivity contribution >= 4 is 11.8 Å². The van der Waals surface area contributed by atoms with Crippen molar-refractivity contribution in [2.45, 2.75) is 77.0 Å². The van der Waals surface area contributed by atoms with Crippen LogP contribution in [-0.2, 0) is 17.9 Å². The highest BCUT2D eigenvalue weighted by Gasteiger charge is 2.48. The number of nitrogens with one attached hydrogen (secondary N) is 1. The molecule has 178 valence electrons. The Morgan fingerprint density at radius 3 is 2.56 bits per heavy atom. The van der Waals surface area contributed by atoms with E-state index in [9.17, 15) is 9.59 Å². The van der Waals surface area contributed by atoms with Crippen LogP contribution in [0.1, 0.15) is 67.1 Å². The molecule has 7 heteroatoms. The van der Waals surface area contributed by atoms with Gasteiger partial charge in [-0.1, -0.05) is 55.5 Å². The lowest BCUT2D eigenvalue weighted by Gasteiger charge is -2.44. The summed E-state index contributed by atoms with van der Waals surface area (Å²) in [7, 11) is 0. The van der Waals surface area contributed by atoms with Crippen LogP contribution in [0, 0.1) is 6.92 Å². The number of carbonyl (C=O) groups is 2. The molecule has 1 fully saturated rings. The number of rotatable bonds is 5. The number of hydrogen-bond donors (Lipinski definition) is 1. The van der Waals surface area contributed by atoms with E-state index in [1.54, 1.807) is 28.0 Å². The number of carbonyl (C=O) groups excluding carboxylic acids is 2. The summed E-state index contributed by atoms with van der Waals surface area (Å²) in [6.07, 6.45) is 8.25. The number of fused-ring (bicyclic) bond motifs is 1. The fourth-order valence-electron chi connectivity index (χ4n) is 5.07. The molecule has 7 nitrogen and oxygen atoms in total. The predicted octanol–water partition coefficient (Wildman–Crippen LogP) is 4.71. The van der Waals surface area contributed by atoms with Crippen molar-refractivity contribution < 1.29 is 14.0 Å². The van der Waals surface area contributed by atoms with Crippen molar-refractivity contribution in [2.75, 3.05) is 0 Å². The van der Waals surface area contributed by atoms with Crippen molar-refractivity contribution in [2.24, 2.45) is 0 Å². The molecule has 1 atom stereocenters. The Balaban J connectivity index is 1.49. The molecule has 3 heterocycles. The molecule has 0 spiro atoms. The Bertz CT molecular complexity index is 1160. The molecule has 3 aromatic rings. The van der Waals surface area contributed by atoms with Crippen LogP contribution in [-0.4, -0.2) is 38.1 Å². The molecular weight excluding hydrogens is 428 g/mol. The van der Waals surface area contributed by atoms with E-state index in [0.717, 1.165) is 36.8 Å². The van der Waals surface area contributed by atoms with E-state index in [-0.39, 0.29) is 17.9 Å². The maximum absolute atomic E-state index is 13.8. The molecule has 2 amide bonds. The Morgan fingerprint density at radius 1 is 1.15 bits per heavy atom. The van der Waals surface area contributed by atoms with Gasteiger partial charge in [0.1, 0.15) is 16.9 Å². The lowest BCUT2D eigenvalue weighted by atomic mass is 9.93. The van der Waals surface area contributed by atoms with E-state index in [4.69, 9.17) is 4.42 Å². The number of benzene rings is 1. The maximum atomic E-state index is 13.8. The molecule has 1 aliphatic carbocycles. The minimum atomic E-state index is -1.06. The minimum absolute atomic E-state index is 0.111. The van der Waals surface area contributed by atoms with Gasteiger partial charge in [-0.2, -0.15) is 5.10 Å². The molecule has 1 unspecified atom stereocenters. The molecule has 0 bridgehead atoms. The summed E-state index contributed by atoms with van der Waals surface area (Å²) >= 11 is 0. The van der Waals surface area contributed by atoms with Gasteiger partial charge in [0.05, 0.1) is 12.8 Å². The molecule has 1 aliphatic heterocycles. The van der Waals surface area contributed by atoms with Gasteiger partial charge < -0.3 is 14.6 Å². The number of aromatic nitrogens is 2. The first kappa shape index (κ1) is 22.4. The SMILES string of the molecule is Cc1ccc(CN2C(=O)c3cc(-c4ccco4)nn3CC2(C)C(=O)NC2CCCCCC2)cc1. The van der Waals surface area contributed by atoms with Gasteiger partial charge >= 0.3 is 0 Å². The largest absolute Gasteiger partial charge is 0.463 e. The van der Waals surface area contributed by atoms with Gasteiger partial charge in [-0.3, -0.25) is 14.3 Å². The lowest BCUT2D eigenvalue weighted by molar-refractivity contribution is -0.134. The van der Waals surface area contributed by atoms with Crippen LogP contribution in [0.25, 0.3) is 11.5 Å². The average molecular weight is 461 g/mol. The maximum Gasteiger partial charge on any atom is 0.273 e. The Morgan fingerprint density at radius 2 is 1.88 bits per heavy atom. The third kappa shape index (κ3) is 4.27. The lowest BCUT2D eigenvalue weighted by Crippen LogP contribution is -2.64. The number of aryl methyl sites for hydroxylation is 1. The second-order valence-corrected chi connectivity index (χ2v) is 9.86. The van der Waals surface area contributed by atoms with Gasteiger partial charge in [0, 0.05) is 18.7 Å². The normalized spacial score (nSPS) is 21.2. The number of amides is 2. The quantitative estimate of drug-likeness (QED) is 0.560. The summed E-state index contributed by atoms with van der Waals surface area (Å²) in [6.45, 7) is 4.55. The molecule has 1 aromatic carbocycles. The molecule has 34 heavy (non-hydrogen) atoms. The zero-order valence-corrected chi connectivity index (χ0v) is 19.9. The van der Waals surface area contributed by atoms with E-state index in [0.29, 0.717) is 30.2 Å². The summed E-state index contributed by atoms with van der Waals surface area (Å²) in [6, 6.07) is 13.6. The molecule has 1 saturated carbocycles. The first-order chi connectivity index (χ1) is 16.4. The first-order valence-electron chi connectivity index (χ1n) is 12.2. The van der Waals surface area contributed by atoms with Crippen molar-refractivity contribution in [1.82, 2.24) is 20.0 Å². The molecular formula is C27H32N4O3. The molecule has 5 rings (SSSR count). The van der Waals surface area contributed by atoms with Crippen molar-refractivity contribution in [3.8, 4) is 11.5 Å². The zero-order chi connectivity index (χ0) is 23.7. The fourth-order valence-corrected chi connectivity index (χ4v) is 5.07. The van der Waals surface area contributed by atoms with Crippen LogP contribution in [0.15, 0.2) is 53.1 Å². The van der Waals surface area contributed by atoms with Crippen molar-refractivity contribution in [3.05, 3.63) is 65.5 Å². The molecule has 2 aromatic heterocycles. The van der Waals surface area contributed by atoms with Gasteiger partial charge in [0.15, 0.2) is 5.76 Å². The van der Waals surface area contributed by atoms with Gasteiger partial charge in [0.2, 0.25) is 5.91 Å². The Labute approximate surface area is 200 Å². The van der Waals surface area contributed by atoms with Crippen LogP contribution in [0.5, 0.6) is 0 Å². The summed E-state index contributed by atoms with van der Waals surface area (Å²) in [5.74, 6) is 0.292. The van der Waals surface area contributed by atoms with Crippen LogP contribution >= 0.6 is 0 Å². The second kappa shape index (κ2) is 9.12. The number of furan rings is 1. The fraction of sp³-hybridized carbons (Fsp3) is 0.444. The highest BCUT2D eigenvalue weighted by atomic mass is 16.3. The molecule has 0 saturated heterocycles. The van der Waals surface area contributed by atoms with Crippen molar-refractivity contribution in [3.63, 3.8) is 0 Å². The summed E-state index contributed by atoms with van der Waals surface area (Å²) in [5.41, 5.74) is 2.15. The van der Waals surface area contributed by atoms with Crippen LogP contribution in [0.2, 0.25) is 0 Å². The van der Waals surface area contributed by atoms with E-state index in [2.05, 4.69) is 10.4 Å². The number of nitrogens with zero attached hydrogens (tertiary/aromatic N) is 3. The Kier molecular flexibility index (Phi) is 6.02. The van der Waals surface area contributed by atoms with E-state index < -0.39 is 5.54 Å². The smallest absolute Gasteiger partial charge is 0.273 e. The standard InChI is InChI=1S/C27H32N4O3/c1-19-11-13-20(14-12-19)17-30-25(32)23-16-22(24-10-7-15-34-24)29-31(23)18-27(30,2)26(33)28-21-8-5-3-4-6-9-21/h7,10-16,21H,3-6,8-9,17-18H2,1-2H3,(H,28,33). The highest BCUT2D eigenvalue weighted by Crippen LogP contribution is 2.32. The van der Waals surface area contributed by atoms with E-state index >= 15 is 0 Å². The first-order valence-corrected chi connectivity index (χ1v) is 12.2. The number of hydrogen-bond acceptors (Lipinski definition) is 4. The van der Waals surface area contributed by atoms with Gasteiger partial charge in [0.25, 0.3) is 5.91 Å². The van der Waals surface area contributed by atoms with Gasteiger partial charge in [-0.25, -0.2) is 0 Å². The topological polar surface area (TPSA) is 80.4 Å². The summed E-state index contributed by atoms with van der Waals surface area (Å²) in [5, 5.41) is 7.92. The predicted molar refractivity (Wildman–Crippen MR) is 129 cm³/mol. The van der Waals surface area contributed by atoms with Gasteiger partial charge in [-0.15, -0.1) is 0 Å². The third-order valence-electron chi connectivity index (χ3n) is 7.21. The molecule has 2 aliphatic rings. The van der Waals surface area contributed by atoms with E-state index in [1.165, 1.54) is 12.8 Å². The Hall–Kier alpha value is -3.35. The van der Waals surface area contributed by atoms with Crippen LogP contribution in [0.3, 0.4) is 0 Å². The summed E-state index contributed by atoms with van der Waals surface area (Å²) in [4.78, 5) is 29.3. The molecule has 0 radical (unpaired) electrons. The molecule has 1 N–H and O–H groups in total. The monoisotopic (exact) mass is 460 g/mol. The summed E-state index contributed by atoms with van der Waals surface area (Å²) < 4.78 is 7.16. The van der Waals surface area contributed by atoms with Crippen LogP contribution in [0.4, 0.5) is 0 Å². The highest BCUT2D eigenvalue weighted by molar-refractivity contribution is 6.00. The average Bonchev–Trinajstić information content (AvgIpc) is 3.43.